The van der Waals surface area contributed by atoms with E-state index < -0.39 is 0 Å². The highest BCUT2D eigenvalue weighted by atomic mass is 32.2. The lowest BCUT2D eigenvalue weighted by Crippen LogP contribution is -2.36. The normalized spacial score (nSPS) is 15.6. The van der Waals surface area contributed by atoms with Crippen LogP contribution >= 0.6 is 24.0 Å². The molecule has 7 heteroatoms. The van der Waals surface area contributed by atoms with E-state index in [1.54, 1.807) is 30.3 Å². The number of ketones is 1. The second kappa shape index (κ2) is 9.65. The van der Waals surface area contributed by atoms with Crippen molar-refractivity contribution in [2.24, 2.45) is 0 Å². The van der Waals surface area contributed by atoms with Crippen molar-refractivity contribution in [3.63, 3.8) is 0 Å². The number of hydrogen-bond donors (Lipinski definition) is 1. The largest absolute Gasteiger partial charge is 0.325 e. The molecule has 0 aromatic heterocycles. The Hall–Kier alpha value is -3.03. The van der Waals surface area contributed by atoms with Crippen LogP contribution in [0, 0.1) is 0 Å². The topological polar surface area (TPSA) is 66.5 Å². The molecule has 1 aliphatic heterocycles. The van der Waals surface area contributed by atoms with Crippen molar-refractivity contribution in [2.75, 3.05) is 11.9 Å². The number of anilines is 1. The third kappa shape index (κ3) is 5.52. The van der Waals surface area contributed by atoms with Crippen molar-refractivity contribution >= 4 is 57.7 Å². The third-order valence-corrected chi connectivity index (χ3v) is 5.68. The number of carbonyl (C=O) groups excluding carboxylic acids is 3. The van der Waals surface area contributed by atoms with Crippen molar-refractivity contribution in [1.29, 1.82) is 0 Å². The van der Waals surface area contributed by atoms with Crippen molar-refractivity contribution in [3.8, 4) is 0 Å². The first kappa shape index (κ1) is 21.7. The number of carbonyl (C=O) groups is 3. The van der Waals surface area contributed by atoms with Gasteiger partial charge in [0.1, 0.15) is 10.9 Å². The third-order valence-electron chi connectivity index (χ3n) is 4.30. The summed E-state index contributed by atoms with van der Waals surface area (Å²) in [5.41, 5.74) is 3.07. The summed E-state index contributed by atoms with van der Waals surface area (Å²) in [5.74, 6) is -0.693. The van der Waals surface area contributed by atoms with Crippen LogP contribution in [0.5, 0.6) is 0 Å². The van der Waals surface area contributed by atoms with Crippen LogP contribution in [-0.4, -0.2) is 33.4 Å². The van der Waals surface area contributed by atoms with Gasteiger partial charge in [-0.15, -0.1) is 0 Å². The number of thiocarbonyl (C=S) groups is 1. The van der Waals surface area contributed by atoms with Crippen LogP contribution in [0.25, 0.3) is 6.08 Å². The second-order valence-electron chi connectivity index (χ2n) is 6.75. The second-order valence-corrected chi connectivity index (χ2v) is 8.42. The van der Waals surface area contributed by atoms with E-state index in [0.29, 0.717) is 20.5 Å². The van der Waals surface area contributed by atoms with E-state index >= 15 is 0 Å². The molecule has 0 atom stereocenters. The van der Waals surface area contributed by atoms with E-state index in [-0.39, 0.29) is 24.1 Å². The molecule has 0 spiro atoms. The molecular weight excluding hydrogens is 416 g/mol. The lowest BCUT2D eigenvalue weighted by Gasteiger charge is -2.14. The first-order valence-corrected chi connectivity index (χ1v) is 10.5. The van der Waals surface area contributed by atoms with Crippen LogP contribution in [0.1, 0.15) is 29.8 Å². The number of benzene rings is 2. The molecule has 30 heavy (non-hydrogen) atoms. The van der Waals surface area contributed by atoms with Gasteiger partial charge in [0.15, 0.2) is 5.78 Å². The number of nitrogens with zero attached hydrogens (tertiary/aromatic N) is 1. The van der Waals surface area contributed by atoms with Gasteiger partial charge in [0.25, 0.3) is 5.91 Å². The minimum Gasteiger partial charge on any atom is -0.325 e. The lowest BCUT2D eigenvalue weighted by molar-refractivity contribution is -0.126. The molecule has 152 valence electrons. The molecule has 0 unspecified atom stereocenters. The molecule has 1 N–H and O–H groups in total. The minimum absolute atomic E-state index is 0.0474. The maximum absolute atomic E-state index is 12.7. The molecule has 0 radical (unpaired) electrons. The molecule has 0 bridgehead atoms. The zero-order valence-electron chi connectivity index (χ0n) is 16.5. The van der Waals surface area contributed by atoms with Gasteiger partial charge in [-0.25, -0.2) is 0 Å². The van der Waals surface area contributed by atoms with Gasteiger partial charge in [-0.2, -0.15) is 0 Å². The predicted molar refractivity (Wildman–Crippen MR) is 125 cm³/mol. The highest BCUT2D eigenvalue weighted by Crippen LogP contribution is 2.32. The Morgan fingerprint density at radius 2 is 1.73 bits per heavy atom. The minimum atomic E-state index is -0.361. The number of nitrogens with one attached hydrogen (secondary N) is 1. The zero-order valence-corrected chi connectivity index (χ0v) is 18.2. The Kier molecular flexibility index (Phi) is 6.97. The molecule has 1 fully saturated rings. The highest BCUT2D eigenvalue weighted by Gasteiger charge is 2.33. The van der Waals surface area contributed by atoms with Crippen LogP contribution < -0.4 is 5.32 Å². The summed E-state index contributed by atoms with van der Waals surface area (Å²) in [5, 5.41) is 2.72. The average molecular weight is 437 g/mol. The van der Waals surface area contributed by atoms with Crippen molar-refractivity contribution in [1.82, 2.24) is 4.90 Å². The first-order valence-electron chi connectivity index (χ1n) is 9.23. The number of amides is 2. The Morgan fingerprint density at radius 1 is 1.07 bits per heavy atom. The van der Waals surface area contributed by atoms with Crippen LogP contribution in [0.2, 0.25) is 0 Å². The number of hydrogen-bond acceptors (Lipinski definition) is 5. The van der Waals surface area contributed by atoms with Gasteiger partial charge in [-0.3, -0.25) is 19.3 Å². The fraction of sp³-hybridized carbons (Fsp3) is 0.130. The zero-order chi connectivity index (χ0) is 21.7. The Bertz CT molecular complexity index is 1060. The Morgan fingerprint density at radius 3 is 2.37 bits per heavy atom. The molecule has 3 rings (SSSR count). The fourth-order valence-electron chi connectivity index (χ4n) is 2.83. The van der Waals surface area contributed by atoms with Crippen molar-refractivity contribution < 1.29 is 14.4 Å². The number of Topliss-reactive ketones (excluding diaryl/α,β-unsaturated/α-hetero) is 1. The quantitative estimate of drug-likeness (QED) is 0.405. The SMILES string of the molecule is CC(=O)c1ccc(NC(=O)CN2C(=O)C(=CC(C)=Cc3ccccc3)SC2=S)cc1. The number of allylic oxidation sites excluding steroid dienone is 2. The monoisotopic (exact) mass is 436 g/mol. The van der Waals surface area contributed by atoms with E-state index in [1.165, 1.54) is 23.6 Å². The summed E-state index contributed by atoms with van der Waals surface area (Å²) in [4.78, 5) is 38.2. The number of thioether (sulfide) groups is 1. The molecule has 2 aromatic carbocycles. The van der Waals surface area contributed by atoms with Gasteiger partial charge in [-0.05, 0) is 55.3 Å². The molecular formula is C23H20N2O3S2. The highest BCUT2D eigenvalue weighted by molar-refractivity contribution is 8.26. The van der Waals surface area contributed by atoms with E-state index in [2.05, 4.69) is 5.32 Å². The molecule has 2 aromatic rings. The van der Waals surface area contributed by atoms with Gasteiger partial charge in [0.2, 0.25) is 5.91 Å². The van der Waals surface area contributed by atoms with E-state index in [1.807, 2.05) is 43.3 Å². The lowest BCUT2D eigenvalue weighted by atomic mass is 10.1. The number of rotatable bonds is 6. The summed E-state index contributed by atoms with van der Waals surface area (Å²) < 4.78 is 0.348. The van der Waals surface area contributed by atoms with Gasteiger partial charge in [-0.1, -0.05) is 60.4 Å². The van der Waals surface area contributed by atoms with Crippen LogP contribution in [0.3, 0.4) is 0 Å². The maximum Gasteiger partial charge on any atom is 0.266 e. The van der Waals surface area contributed by atoms with Crippen LogP contribution in [0.4, 0.5) is 5.69 Å². The Balaban J connectivity index is 1.65. The van der Waals surface area contributed by atoms with Gasteiger partial charge in [0.05, 0.1) is 4.91 Å². The average Bonchev–Trinajstić information content (AvgIpc) is 2.96. The summed E-state index contributed by atoms with van der Waals surface area (Å²) in [7, 11) is 0. The summed E-state index contributed by atoms with van der Waals surface area (Å²) in [6.45, 7) is 3.22. The van der Waals surface area contributed by atoms with Gasteiger partial charge < -0.3 is 5.32 Å². The van der Waals surface area contributed by atoms with Crippen LogP contribution in [0.15, 0.2) is 71.2 Å². The predicted octanol–water partition coefficient (Wildman–Crippen LogP) is 4.68. The molecule has 2 amide bonds. The molecule has 1 aliphatic rings. The van der Waals surface area contributed by atoms with E-state index in [4.69, 9.17) is 12.2 Å². The summed E-state index contributed by atoms with van der Waals surface area (Å²) in [6.07, 6.45) is 3.76. The maximum atomic E-state index is 12.7. The summed E-state index contributed by atoms with van der Waals surface area (Å²) in [6, 6.07) is 16.4. The van der Waals surface area contributed by atoms with Gasteiger partial charge >= 0.3 is 0 Å². The standard InChI is InChI=1S/C23H20N2O3S2/c1-15(12-17-6-4-3-5-7-17)13-20-22(28)25(23(29)30-20)14-21(27)24-19-10-8-18(9-11-19)16(2)26/h3-13H,14H2,1-2H3,(H,24,27). The molecule has 0 saturated carbocycles. The van der Waals surface area contributed by atoms with Crippen LogP contribution in [-0.2, 0) is 9.59 Å². The molecule has 0 aliphatic carbocycles. The van der Waals surface area contributed by atoms with Gasteiger partial charge in [0, 0.05) is 11.3 Å². The van der Waals surface area contributed by atoms with Crippen molar-refractivity contribution in [3.05, 3.63) is 82.3 Å². The Labute approximate surface area is 184 Å². The smallest absolute Gasteiger partial charge is 0.266 e. The van der Waals surface area contributed by atoms with E-state index in [9.17, 15) is 14.4 Å². The van der Waals surface area contributed by atoms with Crippen molar-refractivity contribution in [2.45, 2.75) is 13.8 Å². The fourth-order valence-corrected chi connectivity index (χ4v) is 4.13. The first-order chi connectivity index (χ1) is 14.3. The summed E-state index contributed by atoms with van der Waals surface area (Å²) >= 11 is 6.48. The van der Waals surface area contributed by atoms with E-state index in [0.717, 1.165) is 11.1 Å². The molecule has 1 heterocycles. The molecule has 5 nitrogen and oxygen atoms in total. The molecule has 1 saturated heterocycles.